The minimum absolute atomic E-state index is 0.478. The molecule has 0 radical (unpaired) electrons. The van der Waals surface area contributed by atoms with Gasteiger partial charge in [0.1, 0.15) is 0 Å². The maximum Gasteiger partial charge on any atom is 0.212 e. The quantitative estimate of drug-likeness (QED) is 0.919. The maximum absolute atomic E-state index is 5.15. The second-order valence-electron chi connectivity index (χ2n) is 5.39. The molecule has 0 aliphatic carbocycles. The second-order valence-corrected chi connectivity index (χ2v) is 6.31. The fraction of sp³-hybridized carbons (Fsp3) is 0.353. The molecule has 2 unspecified atom stereocenters. The van der Waals surface area contributed by atoms with E-state index in [1.165, 1.54) is 11.1 Å². The van der Waals surface area contributed by atoms with Crippen molar-refractivity contribution in [1.82, 2.24) is 10.3 Å². The highest BCUT2D eigenvalue weighted by atomic mass is 79.9. The number of hydrogen-bond donors (Lipinski definition) is 1. The minimum Gasteiger partial charge on any atom is -0.481 e. The third-order valence-corrected chi connectivity index (χ3v) is 4.65. The van der Waals surface area contributed by atoms with Crippen LogP contribution in [0.15, 0.2) is 47.1 Å². The van der Waals surface area contributed by atoms with Crippen molar-refractivity contribution in [3.05, 3.63) is 58.2 Å². The topological polar surface area (TPSA) is 34.1 Å². The second kappa shape index (κ2) is 6.58. The molecule has 1 aromatic heterocycles. The van der Waals surface area contributed by atoms with Crippen LogP contribution in [-0.4, -0.2) is 25.2 Å². The average Bonchev–Trinajstić information content (AvgIpc) is 2.55. The number of rotatable bonds is 3. The first kappa shape index (κ1) is 14.5. The molecule has 2 aromatic rings. The molecule has 0 spiro atoms. The summed E-state index contributed by atoms with van der Waals surface area (Å²) in [5, 5.41) is 3.51. The molecule has 2 atom stereocenters. The summed E-state index contributed by atoms with van der Waals surface area (Å²) in [5.41, 5.74) is 2.67. The molecule has 3 nitrogen and oxygen atoms in total. The normalized spacial score (nSPS) is 22.0. The third kappa shape index (κ3) is 3.27. The lowest BCUT2D eigenvalue weighted by Crippen LogP contribution is -2.34. The van der Waals surface area contributed by atoms with E-state index in [0.717, 1.165) is 24.0 Å². The summed E-state index contributed by atoms with van der Waals surface area (Å²) in [4.78, 5) is 4.37. The summed E-state index contributed by atoms with van der Waals surface area (Å²) in [6.07, 6.45) is 3.09. The number of piperidine rings is 1. The predicted octanol–water partition coefficient (Wildman–Crippen LogP) is 3.71. The van der Waals surface area contributed by atoms with Gasteiger partial charge in [-0.3, -0.25) is 0 Å². The van der Waals surface area contributed by atoms with Gasteiger partial charge in [-0.2, -0.15) is 0 Å². The van der Waals surface area contributed by atoms with Crippen molar-refractivity contribution in [3.63, 3.8) is 0 Å². The Morgan fingerprint density at radius 2 is 2.10 bits per heavy atom. The van der Waals surface area contributed by atoms with Crippen LogP contribution in [0.1, 0.15) is 29.4 Å². The molecule has 3 rings (SSSR count). The first-order valence-corrected chi connectivity index (χ1v) is 8.03. The van der Waals surface area contributed by atoms with Crippen LogP contribution in [0.25, 0.3) is 0 Å². The third-order valence-electron chi connectivity index (χ3n) is 4.16. The van der Waals surface area contributed by atoms with Crippen LogP contribution < -0.4 is 10.1 Å². The fourth-order valence-electron chi connectivity index (χ4n) is 3.08. The van der Waals surface area contributed by atoms with Gasteiger partial charge in [0.05, 0.1) is 7.11 Å². The number of pyridine rings is 1. The largest absolute Gasteiger partial charge is 0.481 e. The standard InChI is InChI=1S/C17H19BrN2O/c1-21-17-6-5-13(10-20-17)15-7-8-19-11-16(15)12-3-2-4-14(18)9-12/h2-6,9-10,15-16,19H,7-8,11H2,1H3. The van der Waals surface area contributed by atoms with Crippen molar-refractivity contribution in [3.8, 4) is 5.88 Å². The predicted molar refractivity (Wildman–Crippen MR) is 87.9 cm³/mol. The number of hydrogen-bond acceptors (Lipinski definition) is 3. The van der Waals surface area contributed by atoms with E-state index < -0.39 is 0 Å². The first-order chi connectivity index (χ1) is 10.3. The Morgan fingerprint density at radius 1 is 1.19 bits per heavy atom. The van der Waals surface area contributed by atoms with Crippen LogP contribution in [-0.2, 0) is 0 Å². The molecule has 2 heterocycles. The lowest BCUT2D eigenvalue weighted by Gasteiger charge is -2.33. The highest BCUT2D eigenvalue weighted by molar-refractivity contribution is 9.10. The summed E-state index contributed by atoms with van der Waals surface area (Å²) in [6, 6.07) is 12.7. The fourth-order valence-corrected chi connectivity index (χ4v) is 3.49. The van der Waals surface area contributed by atoms with Crippen LogP contribution >= 0.6 is 15.9 Å². The van der Waals surface area contributed by atoms with Crippen LogP contribution in [0.3, 0.4) is 0 Å². The zero-order valence-electron chi connectivity index (χ0n) is 12.1. The zero-order chi connectivity index (χ0) is 14.7. The lowest BCUT2D eigenvalue weighted by atomic mass is 9.78. The molecule has 21 heavy (non-hydrogen) atoms. The summed E-state index contributed by atoms with van der Waals surface area (Å²) in [5.74, 6) is 1.65. The summed E-state index contributed by atoms with van der Waals surface area (Å²) in [6.45, 7) is 2.06. The molecule has 110 valence electrons. The van der Waals surface area contributed by atoms with Gasteiger partial charge in [-0.25, -0.2) is 4.98 Å². The summed E-state index contributed by atoms with van der Waals surface area (Å²) < 4.78 is 6.29. The van der Waals surface area contributed by atoms with Crippen molar-refractivity contribution in [2.75, 3.05) is 20.2 Å². The van der Waals surface area contributed by atoms with Crippen molar-refractivity contribution < 1.29 is 4.74 Å². The Balaban J connectivity index is 1.90. The molecule has 0 saturated carbocycles. The van der Waals surface area contributed by atoms with Crippen molar-refractivity contribution in [2.24, 2.45) is 0 Å². The number of aromatic nitrogens is 1. The summed E-state index contributed by atoms with van der Waals surface area (Å²) >= 11 is 3.57. The van der Waals surface area contributed by atoms with E-state index in [2.05, 4.69) is 56.6 Å². The molecular formula is C17H19BrN2O. The zero-order valence-corrected chi connectivity index (χ0v) is 13.6. The van der Waals surface area contributed by atoms with E-state index in [-0.39, 0.29) is 0 Å². The van der Waals surface area contributed by atoms with Crippen molar-refractivity contribution >= 4 is 15.9 Å². The van der Waals surface area contributed by atoms with Gasteiger partial charge in [0.2, 0.25) is 5.88 Å². The molecule has 1 N–H and O–H groups in total. The Hall–Kier alpha value is -1.39. The molecular weight excluding hydrogens is 328 g/mol. The van der Waals surface area contributed by atoms with Crippen molar-refractivity contribution in [2.45, 2.75) is 18.3 Å². The smallest absolute Gasteiger partial charge is 0.212 e. The van der Waals surface area contributed by atoms with Crippen molar-refractivity contribution in [1.29, 1.82) is 0 Å². The molecule has 1 aliphatic heterocycles. The van der Waals surface area contributed by atoms with E-state index >= 15 is 0 Å². The number of benzene rings is 1. The number of methoxy groups -OCH3 is 1. The Bertz CT molecular complexity index is 600. The first-order valence-electron chi connectivity index (χ1n) is 7.24. The number of nitrogens with one attached hydrogen (secondary N) is 1. The van der Waals surface area contributed by atoms with Crippen LogP contribution in [0.2, 0.25) is 0 Å². The van der Waals surface area contributed by atoms with E-state index in [1.54, 1.807) is 7.11 Å². The van der Waals surface area contributed by atoms with Gasteiger partial charge in [0.25, 0.3) is 0 Å². The molecule has 1 aliphatic rings. The van der Waals surface area contributed by atoms with Crippen LogP contribution in [0, 0.1) is 0 Å². The van der Waals surface area contributed by atoms with Crippen LogP contribution in [0.5, 0.6) is 5.88 Å². The molecule has 0 amide bonds. The van der Waals surface area contributed by atoms with Gasteiger partial charge in [-0.05, 0) is 42.1 Å². The Labute approximate surface area is 133 Å². The van der Waals surface area contributed by atoms with Gasteiger partial charge in [0, 0.05) is 29.2 Å². The van der Waals surface area contributed by atoms with Gasteiger partial charge in [0.15, 0.2) is 0 Å². The molecule has 0 bridgehead atoms. The van der Waals surface area contributed by atoms with Gasteiger partial charge < -0.3 is 10.1 Å². The number of nitrogens with zero attached hydrogens (tertiary/aromatic N) is 1. The lowest BCUT2D eigenvalue weighted by molar-refractivity contribution is 0.390. The van der Waals surface area contributed by atoms with E-state index in [4.69, 9.17) is 4.74 Å². The van der Waals surface area contributed by atoms with Gasteiger partial charge in [-0.15, -0.1) is 0 Å². The Morgan fingerprint density at radius 3 is 2.81 bits per heavy atom. The minimum atomic E-state index is 0.478. The average molecular weight is 347 g/mol. The highest BCUT2D eigenvalue weighted by Crippen LogP contribution is 2.38. The monoisotopic (exact) mass is 346 g/mol. The summed E-state index contributed by atoms with van der Waals surface area (Å²) in [7, 11) is 1.65. The molecule has 4 heteroatoms. The SMILES string of the molecule is COc1ccc(C2CCNCC2c2cccc(Br)c2)cn1. The van der Waals surface area contributed by atoms with E-state index in [0.29, 0.717) is 17.7 Å². The van der Waals surface area contributed by atoms with Gasteiger partial charge in [-0.1, -0.05) is 34.1 Å². The Kier molecular flexibility index (Phi) is 4.56. The number of ether oxygens (including phenoxy) is 1. The maximum atomic E-state index is 5.15. The van der Waals surface area contributed by atoms with E-state index in [9.17, 15) is 0 Å². The molecule has 1 fully saturated rings. The molecule has 1 saturated heterocycles. The van der Waals surface area contributed by atoms with Crippen LogP contribution in [0.4, 0.5) is 0 Å². The molecule has 1 aromatic carbocycles. The highest BCUT2D eigenvalue weighted by Gasteiger charge is 2.28. The van der Waals surface area contributed by atoms with Gasteiger partial charge >= 0.3 is 0 Å². The van der Waals surface area contributed by atoms with E-state index in [1.807, 2.05) is 12.3 Å². The number of halogens is 1.